The van der Waals surface area contributed by atoms with E-state index in [0.29, 0.717) is 54.7 Å². The Bertz CT molecular complexity index is 841. The summed E-state index contributed by atoms with van der Waals surface area (Å²) in [4.78, 5) is 1.98. The van der Waals surface area contributed by atoms with Gasteiger partial charge in [-0.15, -0.1) is 10.2 Å². The molecule has 2 aliphatic rings. The number of aromatic hydroxyl groups is 1. The van der Waals surface area contributed by atoms with Gasteiger partial charge in [0.05, 0.1) is 13.2 Å². The molecule has 0 unspecified atom stereocenters. The summed E-state index contributed by atoms with van der Waals surface area (Å²) in [7, 11) is 1.92. The van der Waals surface area contributed by atoms with E-state index in [1.807, 2.05) is 11.9 Å². The highest BCUT2D eigenvalue weighted by Crippen LogP contribution is 2.36. The number of fused-ring (bicyclic) bond motifs is 1. The van der Waals surface area contributed by atoms with E-state index in [1.165, 1.54) is 6.07 Å². The second-order valence-electron chi connectivity index (χ2n) is 7.21. The second kappa shape index (κ2) is 7.58. The summed E-state index contributed by atoms with van der Waals surface area (Å²) >= 11 is 5.94. The smallest absolute Gasteiger partial charge is 0.152 e. The van der Waals surface area contributed by atoms with Gasteiger partial charge in [0.2, 0.25) is 0 Å². The molecule has 8 heteroatoms. The number of halogens is 2. The van der Waals surface area contributed by atoms with Gasteiger partial charge in [-0.3, -0.25) is 0 Å². The van der Waals surface area contributed by atoms with Gasteiger partial charge in [-0.25, -0.2) is 4.39 Å². The molecule has 0 amide bonds. The Hall–Kier alpha value is -1.96. The number of nitrogens with zero attached hydrogens (tertiary/aromatic N) is 3. The maximum Gasteiger partial charge on any atom is 0.152 e. The number of hydrogen-bond donors (Lipinski definition) is 2. The molecule has 4 rings (SSSR count). The van der Waals surface area contributed by atoms with Crippen LogP contribution in [-0.4, -0.2) is 59.2 Å². The zero-order chi connectivity index (χ0) is 19.0. The van der Waals surface area contributed by atoms with Crippen molar-refractivity contribution in [2.45, 2.75) is 31.7 Å². The summed E-state index contributed by atoms with van der Waals surface area (Å²) in [6, 6.07) is 4.91. The van der Waals surface area contributed by atoms with Gasteiger partial charge in [-0.2, -0.15) is 0 Å². The van der Waals surface area contributed by atoms with Crippen LogP contribution in [0.25, 0.3) is 11.3 Å². The van der Waals surface area contributed by atoms with Crippen molar-refractivity contribution in [1.82, 2.24) is 15.1 Å². The number of piperidine rings is 1. The van der Waals surface area contributed by atoms with Crippen LogP contribution in [0.3, 0.4) is 0 Å². The van der Waals surface area contributed by atoms with Crippen LogP contribution >= 0.6 is 11.6 Å². The fourth-order valence-electron chi connectivity index (χ4n) is 3.86. The number of phenols is 1. The molecular formula is C19H22ClFN4O2. The molecule has 0 bridgehead atoms. The highest BCUT2D eigenvalue weighted by Gasteiger charge is 2.28. The summed E-state index contributed by atoms with van der Waals surface area (Å²) in [5, 5.41) is 22.8. The maximum absolute atomic E-state index is 13.9. The van der Waals surface area contributed by atoms with Gasteiger partial charge < -0.3 is 20.1 Å². The molecule has 0 saturated carbocycles. The second-order valence-corrected chi connectivity index (χ2v) is 7.65. The average molecular weight is 393 g/mol. The Labute approximate surface area is 162 Å². The monoisotopic (exact) mass is 392 g/mol. The van der Waals surface area contributed by atoms with E-state index in [1.54, 1.807) is 12.1 Å². The van der Waals surface area contributed by atoms with Gasteiger partial charge in [0, 0.05) is 47.3 Å². The van der Waals surface area contributed by atoms with Crippen LogP contribution in [0.2, 0.25) is 5.02 Å². The number of phenolic OH excluding ortho intramolecular Hbond substituents is 1. The van der Waals surface area contributed by atoms with Crippen molar-refractivity contribution in [2.24, 2.45) is 0 Å². The van der Waals surface area contributed by atoms with Crippen molar-refractivity contribution >= 4 is 17.4 Å². The van der Waals surface area contributed by atoms with Crippen LogP contribution in [0.1, 0.15) is 17.5 Å². The highest BCUT2D eigenvalue weighted by molar-refractivity contribution is 6.30. The largest absolute Gasteiger partial charge is 0.507 e. The lowest BCUT2D eigenvalue weighted by atomic mass is 9.97. The average Bonchev–Trinajstić information content (AvgIpc) is 2.62. The lowest BCUT2D eigenvalue weighted by molar-refractivity contribution is 0.110. The van der Waals surface area contributed by atoms with Crippen LogP contribution < -0.4 is 5.32 Å². The summed E-state index contributed by atoms with van der Waals surface area (Å²) in [5.74, 6) is 0.734. The highest BCUT2D eigenvalue weighted by atomic mass is 35.5. The van der Waals surface area contributed by atoms with Crippen LogP contribution in [0, 0.1) is 0 Å². The molecule has 0 aliphatic carbocycles. The molecule has 1 fully saturated rings. The lowest BCUT2D eigenvalue weighted by Gasteiger charge is -2.33. The van der Waals surface area contributed by atoms with Crippen molar-refractivity contribution in [3.05, 3.63) is 34.3 Å². The molecule has 2 aromatic rings. The van der Waals surface area contributed by atoms with Crippen LogP contribution in [-0.2, 0) is 17.8 Å². The third-order valence-corrected chi connectivity index (χ3v) is 5.30. The number of hydrogen-bond acceptors (Lipinski definition) is 6. The Morgan fingerprint density at radius 3 is 2.93 bits per heavy atom. The molecular weight excluding hydrogens is 371 g/mol. The van der Waals surface area contributed by atoms with Crippen molar-refractivity contribution in [1.29, 1.82) is 0 Å². The minimum atomic E-state index is -0.848. The van der Waals surface area contributed by atoms with Gasteiger partial charge in [0.15, 0.2) is 5.82 Å². The first-order valence-corrected chi connectivity index (χ1v) is 9.43. The van der Waals surface area contributed by atoms with Crippen molar-refractivity contribution in [2.75, 3.05) is 32.1 Å². The molecule has 0 radical (unpaired) electrons. The lowest BCUT2D eigenvalue weighted by Crippen LogP contribution is -2.45. The number of rotatable bonds is 3. The standard InChI is InChI=1S/C19H22ClFN4O2/c1-25-8-12(21)7-13(9-25)22-19-14-4-5-27-10-16(14)18(23-24-19)15-3-2-11(20)6-17(15)26/h2-3,6,12-13,26H,4-5,7-10H2,1H3,(H,22,24)/t12-,13-/m1/s1. The first kappa shape index (κ1) is 18.4. The molecule has 2 aliphatic heterocycles. The quantitative estimate of drug-likeness (QED) is 0.836. The number of anilines is 1. The first-order valence-electron chi connectivity index (χ1n) is 9.05. The minimum absolute atomic E-state index is 0.0187. The first-order chi connectivity index (χ1) is 13.0. The molecule has 144 valence electrons. The number of likely N-dealkylation sites (tertiary alicyclic amines) is 1. The number of nitrogens with one attached hydrogen (secondary N) is 1. The molecule has 1 saturated heterocycles. The predicted octanol–water partition coefficient (Wildman–Crippen LogP) is 3.03. The van der Waals surface area contributed by atoms with Crippen molar-refractivity contribution in [3.63, 3.8) is 0 Å². The number of alkyl halides is 1. The minimum Gasteiger partial charge on any atom is -0.507 e. The van der Waals surface area contributed by atoms with Gasteiger partial charge in [0.25, 0.3) is 0 Å². The molecule has 3 heterocycles. The van der Waals surface area contributed by atoms with E-state index >= 15 is 0 Å². The Morgan fingerprint density at radius 2 is 2.15 bits per heavy atom. The van der Waals surface area contributed by atoms with Gasteiger partial charge in [-0.1, -0.05) is 11.6 Å². The predicted molar refractivity (Wildman–Crippen MR) is 102 cm³/mol. The molecule has 1 aromatic carbocycles. The van der Waals surface area contributed by atoms with E-state index < -0.39 is 6.17 Å². The Balaban J connectivity index is 1.69. The van der Waals surface area contributed by atoms with Crippen LogP contribution in [0.4, 0.5) is 10.2 Å². The molecule has 1 aromatic heterocycles. The summed E-state index contributed by atoms with van der Waals surface area (Å²) in [5.41, 5.74) is 3.08. The summed E-state index contributed by atoms with van der Waals surface area (Å²) < 4.78 is 19.5. The molecule has 6 nitrogen and oxygen atoms in total. The zero-order valence-corrected chi connectivity index (χ0v) is 15.8. The number of aromatic nitrogens is 2. The summed E-state index contributed by atoms with van der Waals surface area (Å²) in [6.07, 6.45) is 0.298. The van der Waals surface area contributed by atoms with Crippen LogP contribution in [0.5, 0.6) is 5.75 Å². The molecule has 0 spiro atoms. The van der Waals surface area contributed by atoms with Crippen molar-refractivity contribution < 1.29 is 14.2 Å². The Morgan fingerprint density at radius 1 is 1.30 bits per heavy atom. The van der Waals surface area contributed by atoms with E-state index in [9.17, 15) is 9.50 Å². The zero-order valence-electron chi connectivity index (χ0n) is 15.1. The van der Waals surface area contributed by atoms with Gasteiger partial charge in [0.1, 0.15) is 17.6 Å². The fraction of sp³-hybridized carbons (Fsp3) is 0.474. The van der Waals surface area contributed by atoms with E-state index in [2.05, 4.69) is 15.5 Å². The van der Waals surface area contributed by atoms with Crippen LogP contribution in [0.15, 0.2) is 18.2 Å². The number of benzene rings is 1. The molecule has 2 N–H and O–H groups in total. The third kappa shape index (κ3) is 3.85. The van der Waals surface area contributed by atoms with E-state index in [-0.39, 0.29) is 11.8 Å². The van der Waals surface area contributed by atoms with Gasteiger partial charge in [-0.05, 0) is 31.7 Å². The maximum atomic E-state index is 13.9. The fourth-order valence-corrected chi connectivity index (χ4v) is 4.03. The van der Waals surface area contributed by atoms with Gasteiger partial charge >= 0.3 is 0 Å². The number of likely N-dealkylation sites (N-methyl/N-ethyl adjacent to an activating group) is 1. The molecule has 27 heavy (non-hydrogen) atoms. The summed E-state index contributed by atoms with van der Waals surface area (Å²) in [6.45, 7) is 2.21. The van der Waals surface area contributed by atoms with Crippen molar-refractivity contribution in [3.8, 4) is 17.0 Å². The topological polar surface area (TPSA) is 70.5 Å². The molecule has 2 atom stereocenters. The Kier molecular flexibility index (Phi) is 5.16. The third-order valence-electron chi connectivity index (χ3n) is 5.07. The number of ether oxygens (including phenoxy) is 1. The van der Waals surface area contributed by atoms with E-state index in [0.717, 1.165) is 17.7 Å². The normalized spacial score (nSPS) is 23.1. The van der Waals surface area contributed by atoms with E-state index in [4.69, 9.17) is 16.3 Å². The SMILES string of the molecule is CN1C[C@H](F)C[C@@H](Nc2nnc(-c3ccc(Cl)cc3O)c3c2CCOC3)C1.